The number of rotatable bonds is 5. The van der Waals surface area contributed by atoms with Gasteiger partial charge in [0.15, 0.2) is 0 Å². The highest BCUT2D eigenvalue weighted by atomic mass is 35.5. The highest BCUT2D eigenvalue weighted by Crippen LogP contribution is 2.41. The van der Waals surface area contributed by atoms with Crippen LogP contribution in [0.3, 0.4) is 0 Å². The van der Waals surface area contributed by atoms with Crippen molar-refractivity contribution >= 4 is 45.8 Å². The van der Waals surface area contributed by atoms with Gasteiger partial charge in [-0.05, 0) is 32.3 Å². The zero-order valence-electron chi connectivity index (χ0n) is 17.3. The third-order valence-corrected chi connectivity index (χ3v) is 7.18. The predicted molar refractivity (Wildman–Crippen MR) is 122 cm³/mol. The molecule has 8 heteroatoms. The van der Waals surface area contributed by atoms with Crippen LogP contribution >= 0.6 is 23.2 Å². The zero-order valence-corrected chi connectivity index (χ0v) is 18.8. The summed E-state index contributed by atoms with van der Waals surface area (Å²) < 4.78 is 1.95. The molecule has 1 aromatic carbocycles. The van der Waals surface area contributed by atoms with Gasteiger partial charge in [-0.3, -0.25) is 9.69 Å². The molecule has 2 aromatic rings. The largest absolute Gasteiger partial charge is 0.477 e. The number of hydrogen-bond acceptors (Lipinski definition) is 4. The van der Waals surface area contributed by atoms with Crippen molar-refractivity contribution < 1.29 is 9.90 Å². The molecule has 2 aliphatic rings. The molecule has 2 aliphatic heterocycles. The molecule has 2 atom stereocenters. The van der Waals surface area contributed by atoms with E-state index in [0.717, 1.165) is 68.8 Å². The Morgan fingerprint density at radius 2 is 2.00 bits per heavy atom. The first-order valence-corrected chi connectivity index (χ1v) is 11.4. The quantitative estimate of drug-likeness (QED) is 0.695. The average Bonchev–Trinajstić information content (AvgIpc) is 2.72. The van der Waals surface area contributed by atoms with E-state index in [1.54, 1.807) is 6.07 Å². The summed E-state index contributed by atoms with van der Waals surface area (Å²) in [6.07, 6.45) is 4.15. The van der Waals surface area contributed by atoms with Crippen molar-refractivity contribution in [2.24, 2.45) is 0 Å². The molecular formula is C22H27Cl2N3O3. The maximum Gasteiger partial charge on any atom is 0.341 e. The van der Waals surface area contributed by atoms with Gasteiger partial charge < -0.3 is 14.6 Å². The molecule has 0 aliphatic carbocycles. The van der Waals surface area contributed by atoms with E-state index in [2.05, 4.69) is 23.6 Å². The van der Waals surface area contributed by atoms with Crippen molar-refractivity contribution in [3.05, 3.63) is 38.6 Å². The van der Waals surface area contributed by atoms with Crippen LogP contribution in [0.2, 0.25) is 5.02 Å². The maximum absolute atomic E-state index is 12.8. The highest BCUT2D eigenvalue weighted by Gasteiger charge is 2.29. The number of anilines is 1. The van der Waals surface area contributed by atoms with Crippen LogP contribution in [0.15, 0.2) is 17.1 Å². The van der Waals surface area contributed by atoms with Gasteiger partial charge in [0, 0.05) is 61.3 Å². The number of aromatic nitrogens is 1. The Morgan fingerprint density at radius 3 is 2.63 bits per heavy atom. The summed E-state index contributed by atoms with van der Waals surface area (Å²) >= 11 is 13.0. The molecule has 1 N–H and O–H groups in total. The van der Waals surface area contributed by atoms with E-state index in [-0.39, 0.29) is 17.0 Å². The molecule has 0 bridgehead atoms. The van der Waals surface area contributed by atoms with E-state index in [4.69, 9.17) is 23.2 Å². The Morgan fingerprint density at radius 1 is 1.30 bits per heavy atom. The van der Waals surface area contributed by atoms with Gasteiger partial charge in [0.1, 0.15) is 5.56 Å². The zero-order chi connectivity index (χ0) is 21.6. The number of aromatic carboxylic acids is 1. The predicted octanol–water partition coefficient (Wildman–Crippen LogP) is 4.00. The molecule has 0 radical (unpaired) electrons. The Labute approximate surface area is 186 Å². The van der Waals surface area contributed by atoms with E-state index in [0.29, 0.717) is 10.4 Å². The summed E-state index contributed by atoms with van der Waals surface area (Å²) in [5, 5.41) is 10.6. The van der Waals surface area contributed by atoms with Crippen LogP contribution in [0.1, 0.15) is 48.7 Å². The number of piperazine rings is 1. The van der Waals surface area contributed by atoms with Crippen LogP contribution in [-0.4, -0.2) is 58.6 Å². The Kier molecular flexibility index (Phi) is 6.02. The molecule has 0 spiro atoms. The maximum atomic E-state index is 12.8. The molecule has 4 rings (SSSR count). The second-order valence-corrected chi connectivity index (χ2v) is 9.37. The minimum absolute atomic E-state index is 0.124. The van der Waals surface area contributed by atoms with Crippen molar-refractivity contribution in [3.63, 3.8) is 0 Å². The van der Waals surface area contributed by atoms with Crippen molar-refractivity contribution in [2.45, 2.75) is 44.5 Å². The smallest absolute Gasteiger partial charge is 0.341 e. The number of carboxylic acids is 1. The lowest BCUT2D eigenvalue weighted by Gasteiger charge is -2.39. The summed E-state index contributed by atoms with van der Waals surface area (Å²) in [6, 6.07) is 1.79. The van der Waals surface area contributed by atoms with Crippen molar-refractivity contribution in [2.75, 3.05) is 37.6 Å². The first-order chi connectivity index (χ1) is 14.3. The summed E-state index contributed by atoms with van der Waals surface area (Å²) in [6.45, 7) is 8.57. The fourth-order valence-corrected chi connectivity index (χ4v) is 5.23. The Balaban J connectivity index is 1.77. The molecule has 30 heavy (non-hydrogen) atoms. The van der Waals surface area contributed by atoms with Gasteiger partial charge in [0.05, 0.1) is 16.2 Å². The topological polar surface area (TPSA) is 65.8 Å². The molecule has 3 heterocycles. The first kappa shape index (κ1) is 21.5. The standard InChI is InChI=1S/C22H27Cl2N3O3/c1-3-14(23)11-25-6-8-26(9-7-25)20-15-5-4-13(2)27-12-17(22(29)30)21(28)16(19(15)27)10-18(20)24/h10,12-14H,3-9,11H2,1-2H3,(H,29,30). The van der Waals surface area contributed by atoms with Crippen LogP contribution in [0.25, 0.3) is 10.9 Å². The molecule has 162 valence electrons. The molecule has 0 amide bonds. The highest BCUT2D eigenvalue weighted by molar-refractivity contribution is 6.34. The van der Waals surface area contributed by atoms with E-state index in [1.165, 1.54) is 6.20 Å². The molecule has 1 fully saturated rings. The summed E-state index contributed by atoms with van der Waals surface area (Å²) in [5.74, 6) is -1.20. The molecule has 6 nitrogen and oxygen atoms in total. The normalized spacial score (nSPS) is 20.5. The Hall–Kier alpha value is -1.76. The number of aryl methyl sites for hydroxylation is 1. The van der Waals surface area contributed by atoms with E-state index >= 15 is 0 Å². The lowest BCUT2D eigenvalue weighted by Crippen LogP contribution is -2.48. The summed E-state index contributed by atoms with van der Waals surface area (Å²) in [7, 11) is 0. The monoisotopic (exact) mass is 451 g/mol. The van der Waals surface area contributed by atoms with E-state index in [1.807, 2.05) is 4.57 Å². The number of hydrogen-bond donors (Lipinski definition) is 1. The number of carbonyl (C=O) groups is 1. The van der Waals surface area contributed by atoms with Crippen LogP contribution in [0.4, 0.5) is 5.69 Å². The van der Waals surface area contributed by atoms with Gasteiger partial charge >= 0.3 is 5.97 Å². The van der Waals surface area contributed by atoms with Crippen LogP contribution in [0.5, 0.6) is 0 Å². The average molecular weight is 452 g/mol. The van der Waals surface area contributed by atoms with E-state index in [9.17, 15) is 14.7 Å². The van der Waals surface area contributed by atoms with Gasteiger partial charge in [-0.2, -0.15) is 0 Å². The van der Waals surface area contributed by atoms with Crippen molar-refractivity contribution in [1.29, 1.82) is 0 Å². The number of pyridine rings is 1. The van der Waals surface area contributed by atoms with Crippen LogP contribution in [-0.2, 0) is 6.42 Å². The minimum Gasteiger partial charge on any atom is -0.477 e. The van der Waals surface area contributed by atoms with E-state index < -0.39 is 11.4 Å². The van der Waals surface area contributed by atoms with Gasteiger partial charge in [-0.1, -0.05) is 18.5 Å². The fraction of sp³-hybridized carbons (Fsp3) is 0.545. The molecule has 1 aromatic heterocycles. The second kappa shape index (κ2) is 8.40. The van der Waals surface area contributed by atoms with Gasteiger partial charge in [0.2, 0.25) is 5.43 Å². The molecule has 2 unspecified atom stereocenters. The molecule has 0 saturated carbocycles. The van der Waals surface area contributed by atoms with Crippen LogP contribution < -0.4 is 10.3 Å². The SMILES string of the molecule is CCC(Cl)CN1CCN(c2c(Cl)cc3c(=O)c(C(=O)O)cn4c3c2CCC4C)CC1. The van der Waals surface area contributed by atoms with Gasteiger partial charge in [-0.15, -0.1) is 11.6 Å². The van der Waals surface area contributed by atoms with Crippen molar-refractivity contribution in [1.82, 2.24) is 9.47 Å². The Bertz CT molecular complexity index is 1040. The first-order valence-electron chi connectivity index (χ1n) is 10.6. The van der Waals surface area contributed by atoms with Gasteiger partial charge in [0.25, 0.3) is 0 Å². The molecular weight excluding hydrogens is 425 g/mol. The lowest BCUT2D eigenvalue weighted by atomic mass is 9.93. The summed E-state index contributed by atoms with van der Waals surface area (Å²) in [5.41, 5.74) is 2.21. The van der Waals surface area contributed by atoms with Crippen molar-refractivity contribution in [3.8, 4) is 0 Å². The fourth-order valence-electron chi connectivity index (χ4n) is 4.69. The third-order valence-electron chi connectivity index (χ3n) is 6.44. The summed E-state index contributed by atoms with van der Waals surface area (Å²) in [4.78, 5) is 29.1. The number of halogens is 2. The molecule has 1 saturated heterocycles. The van der Waals surface area contributed by atoms with Gasteiger partial charge in [-0.25, -0.2) is 4.79 Å². The second-order valence-electron chi connectivity index (χ2n) is 8.35. The number of carboxylic acid groups (broad SMARTS) is 1. The number of alkyl halides is 1. The third kappa shape index (κ3) is 3.70. The lowest BCUT2D eigenvalue weighted by molar-refractivity contribution is 0.0694. The van der Waals surface area contributed by atoms with Crippen LogP contribution in [0, 0.1) is 0 Å². The number of benzene rings is 1. The minimum atomic E-state index is -1.20. The number of nitrogens with zero attached hydrogens (tertiary/aromatic N) is 3.